The van der Waals surface area contributed by atoms with Crippen LogP contribution in [0.2, 0.25) is 0 Å². The van der Waals surface area contributed by atoms with E-state index in [9.17, 15) is 9.59 Å². The van der Waals surface area contributed by atoms with Crippen molar-refractivity contribution in [2.24, 2.45) is 5.92 Å². The average molecular weight is 390 g/mol. The SMILES string of the molecule is CCc1cccc(NC(=O)[C@@H]2CC(=O)N(c3cccc(-c4noc(C)n4)c3)C2)c1. The van der Waals surface area contributed by atoms with Crippen LogP contribution < -0.4 is 10.2 Å². The topological polar surface area (TPSA) is 88.3 Å². The van der Waals surface area contributed by atoms with Gasteiger partial charge in [-0.3, -0.25) is 9.59 Å². The second kappa shape index (κ2) is 7.87. The summed E-state index contributed by atoms with van der Waals surface area (Å²) in [7, 11) is 0. The normalized spacial score (nSPS) is 16.3. The molecule has 1 aliphatic rings. The van der Waals surface area contributed by atoms with Crippen LogP contribution in [-0.2, 0) is 16.0 Å². The third-order valence-corrected chi connectivity index (χ3v) is 5.04. The molecule has 1 saturated heterocycles. The molecule has 2 amide bonds. The van der Waals surface area contributed by atoms with E-state index in [4.69, 9.17) is 4.52 Å². The number of aromatic nitrogens is 2. The molecule has 0 aliphatic carbocycles. The molecule has 2 aromatic carbocycles. The third kappa shape index (κ3) is 4.03. The highest BCUT2D eigenvalue weighted by Crippen LogP contribution is 2.29. The second-order valence-electron chi connectivity index (χ2n) is 7.14. The van der Waals surface area contributed by atoms with E-state index in [0.29, 0.717) is 18.3 Å². The van der Waals surface area contributed by atoms with Gasteiger partial charge < -0.3 is 14.7 Å². The molecule has 4 rings (SSSR count). The summed E-state index contributed by atoms with van der Waals surface area (Å²) in [6, 6.07) is 15.2. The minimum absolute atomic E-state index is 0.0751. The van der Waals surface area contributed by atoms with E-state index in [1.54, 1.807) is 11.8 Å². The van der Waals surface area contributed by atoms with E-state index < -0.39 is 5.92 Å². The lowest BCUT2D eigenvalue weighted by molar-refractivity contribution is -0.122. The van der Waals surface area contributed by atoms with Crippen LogP contribution in [0.1, 0.15) is 24.8 Å². The Morgan fingerprint density at radius 3 is 2.83 bits per heavy atom. The number of rotatable bonds is 5. The van der Waals surface area contributed by atoms with Crippen molar-refractivity contribution < 1.29 is 14.1 Å². The molecule has 0 saturated carbocycles. The van der Waals surface area contributed by atoms with Gasteiger partial charge in [0.1, 0.15) is 0 Å². The van der Waals surface area contributed by atoms with Crippen molar-refractivity contribution in [3.8, 4) is 11.4 Å². The fraction of sp³-hybridized carbons (Fsp3) is 0.273. The molecule has 0 spiro atoms. The van der Waals surface area contributed by atoms with E-state index in [-0.39, 0.29) is 18.2 Å². The lowest BCUT2D eigenvalue weighted by Gasteiger charge is -2.17. The van der Waals surface area contributed by atoms with Gasteiger partial charge in [0.05, 0.1) is 5.92 Å². The monoisotopic (exact) mass is 390 g/mol. The predicted octanol–water partition coefficient (Wildman–Crippen LogP) is 3.60. The number of amides is 2. The van der Waals surface area contributed by atoms with Gasteiger partial charge in [0.25, 0.3) is 0 Å². The zero-order valence-electron chi connectivity index (χ0n) is 16.4. The van der Waals surface area contributed by atoms with Crippen LogP contribution in [0, 0.1) is 12.8 Å². The van der Waals surface area contributed by atoms with Crippen molar-refractivity contribution in [2.75, 3.05) is 16.8 Å². The Hall–Kier alpha value is -3.48. The maximum atomic E-state index is 12.7. The molecule has 0 bridgehead atoms. The van der Waals surface area contributed by atoms with Gasteiger partial charge in [0, 0.05) is 36.8 Å². The Labute approximate surface area is 168 Å². The van der Waals surface area contributed by atoms with Crippen molar-refractivity contribution in [1.82, 2.24) is 10.1 Å². The van der Waals surface area contributed by atoms with Gasteiger partial charge in [-0.05, 0) is 36.2 Å². The molecule has 2 heterocycles. The van der Waals surface area contributed by atoms with E-state index in [0.717, 1.165) is 28.9 Å². The maximum absolute atomic E-state index is 12.7. The summed E-state index contributed by atoms with van der Waals surface area (Å²) in [5.41, 5.74) is 3.39. The average Bonchev–Trinajstić information content (AvgIpc) is 3.34. The first-order chi connectivity index (χ1) is 14.0. The lowest BCUT2D eigenvalue weighted by atomic mass is 10.1. The molecule has 7 nitrogen and oxygen atoms in total. The highest BCUT2D eigenvalue weighted by atomic mass is 16.5. The van der Waals surface area contributed by atoms with Gasteiger partial charge in [0.2, 0.25) is 23.5 Å². The molecule has 0 unspecified atom stereocenters. The second-order valence-corrected chi connectivity index (χ2v) is 7.14. The zero-order chi connectivity index (χ0) is 20.4. The Morgan fingerprint density at radius 2 is 2.07 bits per heavy atom. The Morgan fingerprint density at radius 1 is 1.24 bits per heavy atom. The van der Waals surface area contributed by atoms with Crippen LogP contribution in [-0.4, -0.2) is 28.5 Å². The summed E-state index contributed by atoms with van der Waals surface area (Å²) < 4.78 is 5.03. The van der Waals surface area contributed by atoms with Crippen molar-refractivity contribution in [3.63, 3.8) is 0 Å². The van der Waals surface area contributed by atoms with Crippen LogP contribution in [0.3, 0.4) is 0 Å². The number of hydrogen-bond acceptors (Lipinski definition) is 5. The number of nitrogens with zero attached hydrogens (tertiary/aromatic N) is 3. The number of aryl methyl sites for hydroxylation is 2. The molecule has 1 fully saturated rings. The number of carbonyl (C=O) groups excluding carboxylic acids is 2. The van der Waals surface area contributed by atoms with Gasteiger partial charge in [0.15, 0.2) is 0 Å². The van der Waals surface area contributed by atoms with Gasteiger partial charge >= 0.3 is 0 Å². The minimum atomic E-state index is -0.399. The van der Waals surface area contributed by atoms with Crippen molar-refractivity contribution in [3.05, 3.63) is 60.0 Å². The van der Waals surface area contributed by atoms with E-state index in [1.165, 1.54) is 0 Å². The number of hydrogen-bond donors (Lipinski definition) is 1. The Bertz CT molecular complexity index is 1060. The molecular weight excluding hydrogens is 368 g/mol. The first-order valence-corrected chi connectivity index (χ1v) is 9.64. The summed E-state index contributed by atoms with van der Waals surface area (Å²) in [6.45, 7) is 4.13. The predicted molar refractivity (Wildman–Crippen MR) is 109 cm³/mol. The molecule has 1 aliphatic heterocycles. The van der Waals surface area contributed by atoms with Crippen LogP contribution in [0.15, 0.2) is 53.1 Å². The number of anilines is 2. The zero-order valence-corrected chi connectivity index (χ0v) is 16.4. The molecule has 1 aromatic heterocycles. The number of benzene rings is 2. The highest BCUT2D eigenvalue weighted by Gasteiger charge is 2.35. The molecule has 148 valence electrons. The Balaban J connectivity index is 1.48. The van der Waals surface area contributed by atoms with Crippen LogP contribution >= 0.6 is 0 Å². The first kappa shape index (κ1) is 18.9. The van der Waals surface area contributed by atoms with Crippen molar-refractivity contribution in [2.45, 2.75) is 26.7 Å². The van der Waals surface area contributed by atoms with Crippen molar-refractivity contribution >= 4 is 23.2 Å². The molecule has 1 atom stereocenters. The number of nitrogens with one attached hydrogen (secondary N) is 1. The largest absolute Gasteiger partial charge is 0.339 e. The Kier molecular flexibility index (Phi) is 5.12. The molecule has 7 heteroatoms. The number of carbonyl (C=O) groups is 2. The fourth-order valence-electron chi connectivity index (χ4n) is 3.48. The van der Waals surface area contributed by atoms with Crippen molar-refractivity contribution in [1.29, 1.82) is 0 Å². The lowest BCUT2D eigenvalue weighted by Crippen LogP contribution is -2.28. The van der Waals surface area contributed by atoms with Gasteiger partial charge in [-0.2, -0.15) is 4.98 Å². The van der Waals surface area contributed by atoms with Gasteiger partial charge in [-0.25, -0.2) is 0 Å². The highest BCUT2D eigenvalue weighted by molar-refractivity contribution is 6.03. The fourth-order valence-corrected chi connectivity index (χ4v) is 3.48. The molecule has 1 N–H and O–H groups in total. The van der Waals surface area contributed by atoms with Gasteiger partial charge in [-0.1, -0.05) is 36.3 Å². The van der Waals surface area contributed by atoms with E-state index >= 15 is 0 Å². The van der Waals surface area contributed by atoms with Crippen LogP contribution in [0.5, 0.6) is 0 Å². The van der Waals surface area contributed by atoms with Crippen LogP contribution in [0.4, 0.5) is 11.4 Å². The summed E-state index contributed by atoms with van der Waals surface area (Å²) in [4.78, 5) is 31.2. The summed E-state index contributed by atoms with van der Waals surface area (Å²) in [5, 5.41) is 6.86. The quantitative estimate of drug-likeness (QED) is 0.719. The molecule has 3 aromatic rings. The van der Waals surface area contributed by atoms with E-state index in [2.05, 4.69) is 22.4 Å². The summed E-state index contributed by atoms with van der Waals surface area (Å²) in [5.74, 6) is 0.337. The van der Waals surface area contributed by atoms with Gasteiger partial charge in [-0.15, -0.1) is 0 Å². The smallest absolute Gasteiger partial charge is 0.229 e. The minimum Gasteiger partial charge on any atom is -0.339 e. The summed E-state index contributed by atoms with van der Waals surface area (Å²) in [6.07, 6.45) is 1.08. The molecular formula is C22H22N4O3. The molecule has 0 radical (unpaired) electrons. The summed E-state index contributed by atoms with van der Waals surface area (Å²) >= 11 is 0. The van der Waals surface area contributed by atoms with Crippen LogP contribution in [0.25, 0.3) is 11.4 Å². The molecule has 29 heavy (non-hydrogen) atoms. The maximum Gasteiger partial charge on any atom is 0.229 e. The van der Waals surface area contributed by atoms with E-state index in [1.807, 2.05) is 48.5 Å². The first-order valence-electron chi connectivity index (χ1n) is 9.64. The third-order valence-electron chi connectivity index (χ3n) is 5.04. The standard InChI is InChI=1S/C22H22N4O3/c1-3-15-6-4-8-18(10-15)24-22(28)17-12-20(27)26(13-17)19-9-5-7-16(11-19)21-23-14(2)29-25-21/h4-11,17H,3,12-13H2,1-2H3,(H,24,28)/t17-/m1/s1.